The first-order valence-electron chi connectivity index (χ1n) is 9.21. The van der Waals surface area contributed by atoms with Crippen LogP contribution in [0.5, 0.6) is 0 Å². The average molecular weight is 446 g/mol. The summed E-state index contributed by atoms with van der Waals surface area (Å²) in [5.74, 6) is 4.12. The molecule has 8 unspecified atom stereocenters. The fraction of sp³-hybridized carbons (Fsp3) is 0.700. The third-order valence-electron chi connectivity index (χ3n) is 5.02. The van der Waals surface area contributed by atoms with E-state index >= 15 is 0 Å². The molecule has 0 amide bonds. The molecule has 0 bridgehead atoms. The van der Waals surface area contributed by atoms with E-state index in [9.17, 15) is 50.4 Å². The van der Waals surface area contributed by atoms with E-state index in [-0.39, 0.29) is 0 Å². The summed E-state index contributed by atoms with van der Waals surface area (Å²) >= 11 is 0. The maximum Gasteiger partial charge on any atom is 0.352 e. The van der Waals surface area contributed by atoms with Crippen molar-refractivity contribution in [2.24, 2.45) is 0 Å². The first kappa shape index (κ1) is 28.9. The maximum absolute atomic E-state index is 12.7. The summed E-state index contributed by atoms with van der Waals surface area (Å²) in [6, 6.07) is 0. The Bertz CT molecular complexity index is 731. The summed E-state index contributed by atoms with van der Waals surface area (Å²) in [5.41, 5.74) is -12.9. The first-order valence-corrected chi connectivity index (χ1v) is 9.21. The van der Waals surface area contributed by atoms with Gasteiger partial charge in [0.2, 0.25) is 11.2 Å². The quantitative estimate of drug-likeness (QED) is 0.105. The molecule has 0 spiro atoms. The molecule has 0 aromatic rings. The molecular formula is C20H30O11. The van der Waals surface area contributed by atoms with Crippen LogP contribution in [-0.4, -0.2) is 99.6 Å². The largest absolute Gasteiger partial charge is 0.390 e. The van der Waals surface area contributed by atoms with Crippen LogP contribution in [0.4, 0.5) is 0 Å². The molecule has 0 fully saturated rings. The highest BCUT2D eigenvalue weighted by molar-refractivity contribution is 5.96. The highest BCUT2D eigenvalue weighted by Crippen LogP contribution is 2.34. The molecule has 11 nitrogen and oxygen atoms in total. The van der Waals surface area contributed by atoms with Gasteiger partial charge in [0.25, 0.3) is 0 Å². The van der Waals surface area contributed by atoms with Crippen LogP contribution in [0.3, 0.4) is 0 Å². The molecule has 0 aromatic carbocycles. The SMILES string of the molecule is CC#CC(O)(C(C)O)C(O)(C(=O)OC(=O)C(O)(C(C)O)C(O)(C#CC)C(C)O)C(C)O. The molecule has 0 aromatic heterocycles. The molecule has 176 valence electrons. The van der Waals surface area contributed by atoms with E-state index in [4.69, 9.17) is 0 Å². The molecule has 8 N–H and O–H groups in total. The van der Waals surface area contributed by atoms with E-state index in [2.05, 4.69) is 16.6 Å². The van der Waals surface area contributed by atoms with Gasteiger partial charge >= 0.3 is 11.9 Å². The Morgan fingerprint density at radius 1 is 0.645 bits per heavy atom. The van der Waals surface area contributed by atoms with Gasteiger partial charge in [-0.2, -0.15) is 0 Å². The van der Waals surface area contributed by atoms with Crippen molar-refractivity contribution in [2.75, 3.05) is 0 Å². The topological polar surface area (TPSA) is 205 Å². The molecule has 11 heteroatoms. The molecule has 0 saturated heterocycles. The van der Waals surface area contributed by atoms with Crippen LogP contribution in [0, 0.1) is 23.7 Å². The Morgan fingerprint density at radius 2 is 0.903 bits per heavy atom. The van der Waals surface area contributed by atoms with Crippen molar-refractivity contribution in [3.63, 3.8) is 0 Å². The summed E-state index contributed by atoms with van der Waals surface area (Å²) in [6.07, 6.45) is -8.28. The Kier molecular flexibility index (Phi) is 9.37. The lowest BCUT2D eigenvalue weighted by atomic mass is 9.74. The van der Waals surface area contributed by atoms with E-state index in [1.54, 1.807) is 0 Å². The van der Waals surface area contributed by atoms with Gasteiger partial charge in [-0.3, -0.25) is 0 Å². The smallest absolute Gasteiger partial charge is 0.352 e. The second kappa shape index (κ2) is 10.0. The number of hydrogen-bond acceptors (Lipinski definition) is 11. The van der Waals surface area contributed by atoms with Crippen LogP contribution in [0.15, 0.2) is 0 Å². The Hall–Kier alpha value is -2.06. The number of carbonyl (C=O) groups excluding carboxylic acids is 2. The molecular weight excluding hydrogens is 416 g/mol. The Balaban J connectivity index is 6.62. The molecule has 0 aliphatic rings. The van der Waals surface area contributed by atoms with Gasteiger partial charge in [-0.25, -0.2) is 9.59 Å². The first-order chi connectivity index (χ1) is 13.9. The molecule has 0 heterocycles. The summed E-state index contributed by atoms with van der Waals surface area (Å²) in [7, 11) is 0. The van der Waals surface area contributed by atoms with Crippen molar-refractivity contribution in [1.29, 1.82) is 0 Å². The van der Waals surface area contributed by atoms with Crippen LogP contribution in [0.2, 0.25) is 0 Å². The van der Waals surface area contributed by atoms with Gasteiger partial charge in [-0.05, 0) is 41.5 Å². The Labute approximate surface area is 179 Å². The Morgan fingerprint density at radius 3 is 1.06 bits per heavy atom. The third kappa shape index (κ3) is 4.60. The van der Waals surface area contributed by atoms with E-state index in [1.165, 1.54) is 13.8 Å². The number of rotatable bonds is 8. The second-order valence-electron chi connectivity index (χ2n) is 7.20. The van der Waals surface area contributed by atoms with E-state index < -0.39 is 58.8 Å². The molecule has 0 aliphatic carbocycles. The van der Waals surface area contributed by atoms with Gasteiger partial charge in [0.1, 0.15) is 0 Å². The van der Waals surface area contributed by atoms with Crippen LogP contribution in [0.25, 0.3) is 0 Å². The van der Waals surface area contributed by atoms with Crippen molar-refractivity contribution >= 4 is 11.9 Å². The van der Waals surface area contributed by atoms with Gasteiger partial charge in [0, 0.05) is 0 Å². The van der Waals surface area contributed by atoms with Gasteiger partial charge in [-0.1, -0.05) is 11.8 Å². The van der Waals surface area contributed by atoms with Crippen LogP contribution in [-0.2, 0) is 14.3 Å². The van der Waals surface area contributed by atoms with Crippen LogP contribution in [0.1, 0.15) is 41.5 Å². The second-order valence-corrected chi connectivity index (χ2v) is 7.20. The number of carbonyl (C=O) groups is 2. The zero-order chi connectivity index (χ0) is 25.0. The maximum atomic E-state index is 12.7. The minimum Gasteiger partial charge on any atom is -0.390 e. The zero-order valence-corrected chi connectivity index (χ0v) is 18.1. The fourth-order valence-corrected chi connectivity index (χ4v) is 2.95. The number of hydrogen-bond donors (Lipinski definition) is 8. The van der Waals surface area contributed by atoms with Crippen molar-refractivity contribution in [3.8, 4) is 23.7 Å². The lowest BCUT2D eigenvalue weighted by Crippen LogP contribution is -2.72. The predicted octanol–water partition coefficient (Wildman–Crippen LogP) is -3.45. The molecule has 0 rings (SSSR count). The zero-order valence-electron chi connectivity index (χ0n) is 18.1. The van der Waals surface area contributed by atoms with Crippen LogP contribution < -0.4 is 0 Å². The van der Waals surface area contributed by atoms with Crippen LogP contribution >= 0.6 is 0 Å². The lowest BCUT2D eigenvalue weighted by molar-refractivity contribution is -0.241. The standard InChI is InChI=1S/C20H30O11/c1-7-9-17(27,11(3)21)19(29,13(5)23)15(25)31-16(26)20(30,14(6)24)18(28,10-8-2)12(4)22/h11-14,21-24,27-30H,1-6H3. The lowest BCUT2D eigenvalue weighted by Gasteiger charge is -2.43. The number of aliphatic hydroxyl groups is 8. The summed E-state index contributed by atoms with van der Waals surface area (Å²) in [5, 5.41) is 82.6. The van der Waals surface area contributed by atoms with E-state index in [1.807, 2.05) is 11.8 Å². The third-order valence-corrected chi connectivity index (χ3v) is 5.02. The predicted molar refractivity (Wildman–Crippen MR) is 105 cm³/mol. The highest BCUT2D eigenvalue weighted by atomic mass is 16.6. The van der Waals surface area contributed by atoms with Crippen molar-refractivity contribution in [1.82, 2.24) is 0 Å². The van der Waals surface area contributed by atoms with Gasteiger partial charge in [-0.15, -0.1) is 11.8 Å². The number of ether oxygens (including phenoxy) is 1. The van der Waals surface area contributed by atoms with Crippen molar-refractivity contribution < 1.29 is 55.2 Å². The normalized spacial score (nSPS) is 22.8. The minimum absolute atomic E-state index is 0.825. The van der Waals surface area contributed by atoms with Gasteiger partial charge in [0.05, 0.1) is 24.4 Å². The highest BCUT2D eigenvalue weighted by Gasteiger charge is 2.66. The summed E-state index contributed by atoms with van der Waals surface area (Å²) in [6.45, 7) is 5.89. The van der Waals surface area contributed by atoms with Crippen molar-refractivity contribution in [2.45, 2.75) is 88.4 Å². The summed E-state index contributed by atoms with van der Waals surface area (Å²) in [4.78, 5) is 25.4. The van der Waals surface area contributed by atoms with Gasteiger partial charge in [0.15, 0.2) is 11.2 Å². The minimum atomic E-state index is -3.43. The molecule has 31 heavy (non-hydrogen) atoms. The molecule has 8 atom stereocenters. The molecule has 0 radical (unpaired) electrons. The van der Waals surface area contributed by atoms with E-state index in [0.29, 0.717) is 0 Å². The summed E-state index contributed by atoms with van der Waals surface area (Å²) < 4.78 is 4.41. The number of aliphatic hydroxyl groups excluding tert-OH is 4. The van der Waals surface area contributed by atoms with Crippen molar-refractivity contribution in [3.05, 3.63) is 0 Å². The fourth-order valence-electron chi connectivity index (χ4n) is 2.95. The van der Waals surface area contributed by atoms with E-state index in [0.717, 1.165) is 27.7 Å². The molecule has 0 saturated carbocycles. The monoisotopic (exact) mass is 446 g/mol. The molecule has 0 aliphatic heterocycles. The number of esters is 2. The van der Waals surface area contributed by atoms with Gasteiger partial charge < -0.3 is 45.6 Å². The average Bonchev–Trinajstić information content (AvgIpc) is 2.65.